The van der Waals surface area contributed by atoms with Gasteiger partial charge in [-0.25, -0.2) is 4.79 Å². The Morgan fingerprint density at radius 3 is 3.00 bits per heavy atom. The third-order valence-electron chi connectivity index (χ3n) is 3.08. The van der Waals surface area contributed by atoms with E-state index in [1.807, 2.05) is 16.8 Å². The van der Waals surface area contributed by atoms with E-state index < -0.39 is 6.10 Å². The summed E-state index contributed by atoms with van der Waals surface area (Å²) in [5, 5.41) is 19.4. The van der Waals surface area contributed by atoms with Crippen LogP contribution in [-0.4, -0.2) is 23.3 Å². The van der Waals surface area contributed by atoms with Crippen molar-refractivity contribution in [2.24, 2.45) is 0 Å². The first-order chi connectivity index (χ1) is 8.25. The largest absolute Gasteiger partial charge is 0.391 e. The zero-order chi connectivity index (χ0) is 12.1. The van der Waals surface area contributed by atoms with E-state index in [1.165, 1.54) is 0 Å². The van der Waals surface area contributed by atoms with Crippen LogP contribution < -0.4 is 10.6 Å². The fourth-order valence-electron chi connectivity index (χ4n) is 2.07. The van der Waals surface area contributed by atoms with Gasteiger partial charge >= 0.3 is 6.03 Å². The third kappa shape index (κ3) is 3.71. The van der Waals surface area contributed by atoms with Crippen LogP contribution in [-0.2, 0) is 6.54 Å². The van der Waals surface area contributed by atoms with Crippen LogP contribution in [0, 0.1) is 0 Å². The predicted octanol–water partition coefficient (Wildman–Crippen LogP) is 1.85. The summed E-state index contributed by atoms with van der Waals surface area (Å²) in [6.45, 7) is 0.540. The first-order valence-corrected chi connectivity index (χ1v) is 6.93. The molecule has 2 atom stereocenters. The van der Waals surface area contributed by atoms with Gasteiger partial charge in [-0.15, -0.1) is 0 Å². The zero-order valence-corrected chi connectivity index (χ0v) is 10.5. The molecule has 0 bridgehead atoms. The minimum atomic E-state index is -0.393. The van der Waals surface area contributed by atoms with Crippen molar-refractivity contribution < 1.29 is 9.90 Å². The van der Waals surface area contributed by atoms with Crippen LogP contribution in [0.25, 0.3) is 0 Å². The molecule has 1 aliphatic carbocycles. The second-order valence-electron chi connectivity index (χ2n) is 4.42. The molecular weight excluding hydrogens is 236 g/mol. The lowest BCUT2D eigenvalue weighted by Gasteiger charge is -2.28. The van der Waals surface area contributed by atoms with E-state index in [2.05, 4.69) is 10.6 Å². The fraction of sp³-hybridized carbons (Fsp3) is 0.583. The molecule has 1 aliphatic rings. The van der Waals surface area contributed by atoms with E-state index in [0.29, 0.717) is 6.54 Å². The quantitative estimate of drug-likeness (QED) is 0.771. The summed E-state index contributed by atoms with van der Waals surface area (Å²) in [6.07, 6.45) is 3.39. The molecular formula is C12H18N2O2S. The number of carbonyl (C=O) groups excluding carboxylic acids is 1. The van der Waals surface area contributed by atoms with Gasteiger partial charge < -0.3 is 15.7 Å². The smallest absolute Gasteiger partial charge is 0.315 e. The van der Waals surface area contributed by atoms with Crippen LogP contribution in [0.2, 0.25) is 0 Å². The lowest BCUT2D eigenvalue weighted by molar-refractivity contribution is 0.0943. The highest BCUT2D eigenvalue weighted by molar-refractivity contribution is 7.07. The van der Waals surface area contributed by atoms with Gasteiger partial charge in [0.05, 0.1) is 12.1 Å². The number of amides is 2. The van der Waals surface area contributed by atoms with Gasteiger partial charge in [-0.1, -0.05) is 12.8 Å². The number of hydrogen-bond acceptors (Lipinski definition) is 3. The molecule has 17 heavy (non-hydrogen) atoms. The topological polar surface area (TPSA) is 61.4 Å². The van der Waals surface area contributed by atoms with E-state index in [4.69, 9.17) is 0 Å². The van der Waals surface area contributed by atoms with Crippen LogP contribution in [0.3, 0.4) is 0 Å². The van der Waals surface area contributed by atoms with Crippen molar-refractivity contribution in [3.63, 3.8) is 0 Å². The van der Waals surface area contributed by atoms with E-state index in [-0.39, 0.29) is 12.1 Å². The molecule has 2 amide bonds. The molecule has 0 spiro atoms. The van der Waals surface area contributed by atoms with E-state index in [9.17, 15) is 9.90 Å². The second kappa shape index (κ2) is 6.02. The normalized spacial score (nSPS) is 24.3. The first kappa shape index (κ1) is 12.4. The van der Waals surface area contributed by atoms with Gasteiger partial charge in [-0.05, 0) is 35.2 Å². The highest BCUT2D eigenvalue weighted by Gasteiger charge is 2.24. The molecule has 0 aliphatic heterocycles. The average molecular weight is 254 g/mol. The standard InChI is InChI=1S/C12H18N2O2S/c15-11-4-2-1-3-10(11)14-12(16)13-7-9-5-6-17-8-9/h5-6,8,10-11,15H,1-4,7H2,(H2,13,14,16). The molecule has 1 aromatic rings. The van der Waals surface area contributed by atoms with Crippen LogP contribution >= 0.6 is 11.3 Å². The maximum atomic E-state index is 11.6. The number of rotatable bonds is 3. The molecule has 3 N–H and O–H groups in total. The highest BCUT2D eigenvalue weighted by atomic mass is 32.1. The summed E-state index contributed by atoms with van der Waals surface area (Å²) in [5.74, 6) is 0. The Kier molecular flexibility index (Phi) is 4.39. The van der Waals surface area contributed by atoms with Crippen molar-refractivity contribution in [3.05, 3.63) is 22.4 Å². The highest BCUT2D eigenvalue weighted by Crippen LogP contribution is 2.18. The van der Waals surface area contributed by atoms with Crippen molar-refractivity contribution in [3.8, 4) is 0 Å². The van der Waals surface area contributed by atoms with Crippen LogP contribution in [0.1, 0.15) is 31.2 Å². The maximum Gasteiger partial charge on any atom is 0.315 e. The lowest BCUT2D eigenvalue weighted by atomic mass is 9.93. The van der Waals surface area contributed by atoms with E-state index in [1.54, 1.807) is 11.3 Å². The Bertz CT molecular complexity index is 353. The molecule has 1 saturated carbocycles. The van der Waals surface area contributed by atoms with E-state index in [0.717, 1.165) is 31.2 Å². The third-order valence-corrected chi connectivity index (χ3v) is 3.81. The Labute approximate surface area is 105 Å². The monoisotopic (exact) mass is 254 g/mol. The summed E-state index contributed by atoms with van der Waals surface area (Å²) in [4.78, 5) is 11.6. The first-order valence-electron chi connectivity index (χ1n) is 5.99. The van der Waals surface area contributed by atoms with Crippen molar-refractivity contribution in [2.45, 2.75) is 44.4 Å². The van der Waals surface area contributed by atoms with Gasteiger partial charge in [0, 0.05) is 6.54 Å². The molecule has 0 saturated heterocycles. The average Bonchev–Trinajstić information content (AvgIpc) is 2.82. The SMILES string of the molecule is O=C(NCc1ccsc1)NC1CCCCC1O. The molecule has 2 unspecified atom stereocenters. The van der Waals surface area contributed by atoms with Gasteiger partial charge in [0.1, 0.15) is 0 Å². The molecule has 4 nitrogen and oxygen atoms in total. The molecule has 1 fully saturated rings. The number of carbonyl (C=O) groups is 1. The Hall–Kier alpha value is -1.07. The van der Waals surface area contributed by atoms with Gasteiger partial charge in [-0.2, -0.15) is 11.3 Å². The van der Waals surface area contributed by atoms with Crippen molar-refractivity contribution >= 4 is 17.4 Å². The van der Waals surface area contributed by atoms with Gasteiger partial charge in [0.25, 0.3) is 0 Å². The summed E-state index contributed by atoms with van der Waals surface area (Å²) < 4.78 is 0. The van der Waals surface area contributed by atoms with Crippen LogP contribution in [0.4, 0.5) is 4.79 Å². The van der Waals surface area contributed by atoms with Crippen LogP contribution in [0.15, 0.2) is 16.8 Å². The van der Waals surface area contributed by atoms with Gasteiger partial charge in [0.15, 0.2) is 0 Å². The maximum absolute atomic E-state index is 11.6. The summed E-state index contributed by atoms with van der Waals surface area (Å²) in [6, 6.07) is 1.70. The number of aliphatic hydroxyl groups is 1. The predicted molar refractivity (Wildman–Crippen MR) is 68.0 cm³/mol. The summed E-state index contributed by atoms with van der Waals surface area (Å²) in [7, 11) is 0. The number of aliphatic hydroxyl groups excluding tert-OH is 1. The zero-order valence-electron chi connectivity index (χ0n) is 9.69. The lowest BCUT2D eigenvalue weighted by Crippen LogP contribution is -2.48. The van der Waals surface area contributed by atoms with Gasteiger partial charge in [-0.3, -0.25) is 0 Å². The Balaban J connectivity index is 1.73. The number of thiophene rings is 1. The molecule has 94 valence electrons. The number of nitrogens with one attached hydrogen (secondary N) is 2. The van der Waals surface area contributed by atoms with Crippen molar-refractivity contribution in [1.82, 2.24) is 10.6 Å². The van der Waals surface area contributed by atoms with Gasteiger partial charge in [0.2, 0.25) is 0 Å². The second-order valence-corrected chi connectivity index (χ2v) is 5.20. The summed E-state index contributed by atoms with van der Waals surface area (Å²) in [5.41, 5.74) is 1.11. The number of urea groups is 1. The van der Waals surface area contributed by atoms with Crippen LogP contribution in [0.5, 0.6) is 0 Å². The Morgan fingerprint density at radius 1 is 1.47 bits per heavy atom. The number of hydrogen-bond donors (Lipinski definition) is 3. The van der Waals surface area contributed by atoms with Crippen molar-refractivity contribution in [2.75, 3.05) is 0 Å². The molecule has 1 heterocycles. The Morgan fingerprint density at radius 2 is 2.29 bits per heavy atom. The minimum Gasteiger partial charge on any atom is -0.391 e. The molecule has 0 aromatic carbocycles. The van der Waals surface area contributed by atoms with Crippen molar-refractivity contribution in [1.29, 1.82) is 0 Å². The molecule has 5 heteroatoms. The fourth-order valence-corrected chi connectivity index (χ4v) is 2.74. The summed E-state index contributed by atoms with van der Waals surface area (Å²) >= 11 is 1.62. The molecule has 1 aromatic heterocycles. The molecule has 0 radical (unpaired) electrons. The molecule has 2 rings (SSSR count). The minimum absolute atomic E-state index is 0.0915. The van der Waals surface area contributed by atoms with E-state index >= 15 is 0 Å².